The molecule has 0 saturated heterocycles. The minimum atomic E-state index is -1.56. The molecule has 2 N–H and O–H groups in total. The van der Waals surface area contributed by atoms with Crippen molar-refractivity contribution < 1.29 is 10.0 Å². The van der Waals surface area contributed by atoms with Gasteiger partial charge in [-0.2, -0.15) is 0 Å². The van der Waals surface area contributed by atoms with Crippen LogP contribution in [-0.4, -0.2) is 17.2 Å². The Morgan fingerprint density at radius 1 is 0.909 bits per heavy atom. The van der Waals surface area contributed by atoms with E-state index in [0.29, 0.717) is 5.47 Å². The summed E-state index contributed by atoms with van der Waals surface area (Å²) in [4.78, 5) is 0. The number of rotatable bonds is 3. The van der Waals surface area contributed by atoms with Crippen LogP contribution in [0.1, 0.15) is 11.1 Å². The normalized spacial score (nSPS) is 10.7. The maximum Gasteiger partial charge on any atom is 0.488 e. The number of hydrogen-bond acceptors (Lipinski definition) is 2. The second-order valence-corrected chi connectivity index (χ2v) is 5.42. The summed E-state index contributed by atoms with van der Waals surface area (Å²) in [6.45, 7) is 5.89. The predicted octanol–water partition coefficient (Wildman–Crippen LogP) is 3.84. The van der Waals surface area contributed by atoms with Gasteiger partial charge in [0.05, 0.1) is 0 Å². The zero-order valence-electron chi connectivity index (χ0n) is 12.5. The van der Waals surface area contributed by atoms with Gasteiger partial charge in [0.15, 0.2) is 0 Å². The molecule has 0 saturated carbocycles. The van der Waals surface area contributed by atoms with E-state index in [0.717, 1.165) is 33.0 Å². The van der Waals surface area contributed by atoms with Crippen LogP contribution in [0.5, 0.6) is 0 Å². The van der Waals surface area contributed by atoms with Gasteiger partial charge in [-0.1, -0.05) is 67.2 Å². The van der Waals surface area contributed by atoms with Gasteiger partial charge in [0.25, 0.3) is 0 Å². The highest BCUT2D eigenvalue weighted by Gasteiger charge is 2.19. The summed E-state index contributed by atoms with van der Waals surface area (Å²) in [5.41, 5.74) is 4.29. The highest BCUT2D eigenvalue weighted by atomic mass is 16.4. The van der Waals surface area contributed by atoms with E-state index < -0.39 is 7.12 Å². The number of fused-ring (bicyclic) bond motifs is 1. The van der Waals surface area contributed by atoms with Gasteiger partial charge in [-0.05, 0) is 45.4 Å². The molecule has 3 aromatic carbocycles. The Hall–Kier alpha value is -2.36. The van der Waals surface area contributed by atoms with Crippen LogP contribution < -0.4 is 0 Å². The van der Waals surface area contributed by atoms with Crippen molar-refractivity contribution in [2.24, 2.45) is 0 Å². The second kappa shape index (κ2) is 5.80. The Balaban J connectivity index is 2.34. The third-order valence-corrected chi connectivity index (χ3v) is 3.99. The third-order valence-electron chi connectivity index (χ3n) is 3.99. The second-order valence-electron chi connectivity index (χ2n) is 5.42. The molecule has 0 radical (unpaired) electrons. The molecule has 0 aromatic heterocycles. The minimum Gasteiger partial charge on any atom is -0.423 e. The molecule has 0 spiro atoms. The number of hydrogen-bond donors (Lipinski definition) is 2. The lowest BCUT2D eigenvalue weighted by molar-refractivity contribution is 0.427. The van der Waals surface area contributed by atoms with Crippen molar-refractivity contribution in [3.8, 4) is 11.1 Å². The fraction of sp³-hybridized carbons (Fsp3) is 0.0526. The standard InChI is InChI=1S/C19H17BO2/c1-13-11-12-15-7-3-4-9-17(15)19(13)18-10-6-5-8-16(18)14(2)20(21)22/h3-12,21-22H,2H2,1H3. The first-order chi connectivity index (χ1) is 10.6. The van der Waals surface area contributed by atoms with Gasteiger partial charge in [-0.25, -0.2) is 0 Å². The largest absolute Gasteiger partial charge is 0.488 e. The predicted molar refractivity (Wildman–Crippen MR) is 93.3 cm³/mol. The summed E-state index contributed by atoms with van der Waals surface area (Å²) in [6, 6.07) is 20.1. The van der Waals surface area contributed by atoms with Crippen LogP contribution in [0.2, 0.25) is 0 Å². The average molecular weight is 288 g/mol. The Bertz CT molecular complexity index is 853. The van der Waals surface area contributed by atoms with Crippen LogP contribution >= 0.6 is 0 Å². The van der Waals surface area contributed by atoms with Gasteiger partial charge in [0, 0.05) is 0 Å². The maximum atomic E-state index is 9.48. The first kappa shape index (κ1) is 14.6. The summed E-state index contributed by atoms with van der Waals surface area (Å²) in [5, 5.41) is 21.3. The van der Waals surface area contributed by atoms with E-state index in [1.54, 1.807) is 0 Å². The van der Waals surface area contributed by atoms with Crippen molar-refractivity contribution in [3.05, 3.63) is 78.4 Å². The van der Waals surface area contributed by atoms with Crippen LogP contribution in [0.25, 0.3) is 27.4 Å². The molecule has 0 fully saturated rings. The lowest BCUT2D eigenvalue weighted by Gasteiger charge is -2.16. The molecule has 0 heterocycles. The van der Waals surface area contributed by atoms with E-state index >= 15 is 0 Å². The van der Waals surface area contributed by atoms with E-state index in [2.05, 4.69) is 37.8 Å². The van der Waals surface area contributed by atoms with Gasteiger partial charge in [0.2, 0.25) is 0 Å². The van der Waals surface area contributed by atoms with E-state index in [1.807, 2.05) is 36.4 Å². The quantitative estimate of drug-likeness (QED) is 0.719. The van der Waals surface area contributed by atoms with Gasteiger partial charge in [-0.3, -0.25) is 0 Å². The van der Waals surface area contributed by atoms with Crippen molar-refractivity contribution in [1.29, 1.82) is 0 Å². The summed E-state index contributed by atoms with van der Waals surface area (Å²) >= 11 is 0. The lowest BCUT2D eigenvalue weighted by atomic mass is 9.73. The monoisotopic (exact) mass is 288 g/mol. The summed E-state index contributed by atoms with van der Waals surface area (Å²) in [6.07, 6.45) is 0. The zero-order valence-corrected chi connectivity index (χ0v) is 12.5. The van der Waals surface area contributed by atoms with E-state index in [4.69, 9.17) is 0 Å². The smallest absolute Gasteiger partial charge is 0.423 e. The molecule has 0 bridgehead atoms. The first-order valence-corrected chi connectivity index (χ1v) is 7.22. The molecule has 22 heavy (non-hydrogen) atoms. The van der Waals surface area contributed by atoms with Crippen molar-refractivity contribution in [1.82, 2.24) is 0 Å². The highest BCUT2D eigenvalue weighted by molar-refractivity contribution is 6.65. The first-order valence-electron chi connectivity index (χ1n) is 7.22. The Kier molecular flexibility index (Phi) is 3.84. The molecule has 2 nitrogen and oxygen atoms in total. The van der Waals surface area contributed by atoms with E-state index in [9.17, 15) is 10.0 Å². The minimum absolute atomic E-state index is 0.308. The zero-order chi connectivity index (χ0) is 15.7. The number of aryl methyl sites for hydroxylation is 1. The summed E-state index contributed by atoms with van der Waals surface area (Å²) < 4.78 is 0. The molecule has 3 heteroatoms. The maximum absolute atomic E-state index is 9.48. The fourth-order valence-electron chi connectivity index (χ4n) is 2.86. The molecule has 0 aliphatic heterocycles. The molecule has 0 aliphatic carbocycles. The number of benzene rings is 3. The highest BCUT2D eigenvalue weighted by Crippen LogP contribution is 2.36. The van der Waals surface area contributed by atoms with Crippen LogP contribution in [0.3, 0.4) is 0 Å². The molecular weight excluding hydrogens is 271 g/mol. The molecule has 3 rings (SSSR count). The van der Waals surface area contributed by atoms with Crippen LogP contribution in [0.4, 0.5) is 0 Å². The van der Waals surface area contributed by atoms with Gasteiger partial charge < -0.3 is 10.0 Å². The molecule has 108 valence electrons. The SMILES string of the molecule is C=C(B(O)O)c1ccccc1-c1c(C)ccc2ccccc12. The summed E-state index contributed by atoms with van der Waals surface area (Å²) in [5.74, 6) is 0. The Morgan fingerprint density at radius 2 is 1.59 bits per heavy atom. The van der Waals surface area contributed by atoms with Crippen LogP contribution in [0, 0.1) is 6.92 Å². The van der Waals surface area contributed by atoms with Crippen molar-refractivity contribution in [3.63, 3.8) is 0 Å². The molecule has 3 aromatic rings. The molecule has 0 atom stereocenters. The van der Waals surface area contributed by atoms with Crippen LogP contribution in [0.15, 0.2) is 67.2 Å². The lowest BCUT2D eigenvalue weighted by Crippen LogP contribution is -2.14. The van der Waals surface area contributed by atoms with Crippen molar-refractivity contribution in [2.45, 2.75) is 6.92 Å². The molecule has 0 aliphatic rings. The summed E-state index contributed by atoms with van der Waals surface area (Å²) in [7, 11) is -1.56. The Morgan fingerprint density at radius 3 is 2.36 bits per heavy atom. The molecule has 0 unspecified atom stereocenters. The third kappa shape index (κ3) is 2.45. The van der Waals surface area contributed by atoms with Crippen molar-refractivity contribution >= 4 is 23.4 Å². The van der Waals surface area contributed by atoms with E-state index in [-0.39, 0.29) is 0 Å². The van der Waals surface area contributed by atoms with Crippen molar-refractivity contribution in [2.75, 3.05) is 0 Å². The fourth-order valence-corrected chi connectivity index (χ4v) is 2.86. The van der Waals surface area contributed by atoms with Gasteiger partial charge in [-0.15, -0.1) is 0 Å². The Labute approximate surface area is 130 Å². The van der Waals surface area contributed by atoms with Gasteiger partial charge >= 0.3 is 7.12 Å². The van der Waals surface area contributed by atoms with Crippen LogP contribution in [-0.2, 0) is 0 Å². The van der Waals surface area contributed by atoms with Gasteiger partial charge in [0.1, 0.15) is 0 Å². The topological polar surface area (TPSA) is 40.5 Å². The molecular formula is C19H17BO2. The molecule has 0 amide bonds. The average Bonchev–Trinajstić information content (AvgIpc) is 2.54. The van der Waals surface area contributed by atoms with E-state index in [1.165, 1.54) is 0 Å².